The molecular formula is C14H30N4O. The van der Waals surface area contributed by atoms with Crippen LogP contribution in [0.15, 0.2) is 0 Å². The van der Waals surface area contributed by atoms with Crippen molar-refractivity contribution in [3.8, 4) is 0 Å². The largest absolute Gasteiger partial charge is 0.330 e. The molecule has 1 rings (SSSR count). The van der Waals surface area contributed by atoms with E-state index in [0.29, 0.717) is 0 Å². The average Bonchev–Trinajstić information content (AvgIpc) is 2.67. The number of rotatable bonds is 6. The van der Waals surface area contributed by atoms with Gasteiger partial charge in [0.05, 0.1) is 0 Å². The molecule has 0 aromatic heterocycles. The van der Waals surface area contributed by atoms with E-state index in [9.17, 15) is 4.79 Å². The van der Waals surface area contributed by atoms with Crippen molar-refractivity contribution in [2.75, 3.05) is 52.9 Å². The van der Waals surface area contributed by atoms with Crippen LogP contribution in [0, 0.1) is 0 Å². The Hall–Kier alpha value is -0.810. The summed E-state index contributed by atoms with van der Waals surface area (Å²) in [6.45, 7) is 8.60. The molecule has 5 nitrogen and oxygen atoms in total. The van der Waals surface area contributed by atoms with Crippen molar-refractivity contribution in [1.82, 2.24) is 14.7 Å². The number of unbranched alkanes of at least 4 members (excludes halogenated alkanes) is 2. The zero-order chi connectivity index (χ0) is 14.1. The van der Waals surface area contributed by atoms with Gasteiger partial charge in [0.25, 0.3) is 0 Å². The third kappa shape index (κ3) is 5.78. The minimum Gasteiger partial charge on any atom is -0.330 e. The van der Waals surface area contributed by atoms with Gasteiger partial charge >= 0.3 is 6.03 Å². The fourth-order valence-corrected chi connectivity index (χ4v) is 2.42. The minimum absolute atomic E-state index is 0.174. The standard InChI is InChI=1S/C14H30N4O/c1-3-16(2)14(19)18-11-7-10-17(12-13-18)9-6-4-5-8-15/h3-13,15H2,1-2H3. The zero-order valence-corrected chi connectivity index (χ0v) is 12.6. The van der Waals surface area contributed by atoms with E-state index in [1.54, 1.807) is 4.90 Å². The zero-order valence-electron chi connectivity index (χ0n) is 12.6. The molecule has 0 spiro atoms. The molecule has 0 bridgehead atoms. The van der Waals surface area contributed by atoms with Gasteiger partial charge in [-0.2, -0.15) is 0 Å². The van der Waals surface area contributed by atoms with Crippen molar-refractivity contribution < 1.29 is 4.79 Å². The molecule has 1 heterocycles. The molecule has 1 fully saturated rings. The average molecular weight is 270 g/mol. The maximum atomic E-state index is 12.1. The van der Waals surface area contributed by atoms with Gasteiger partial charge in [-0.25, -0.2) is 4.79 Å². The van der Waals surface area contributed by atoms with Crippen LogP contribution in [-0.2, 0) is 0 Å². The SMILES string of the molecule is CCN(C)C(=O)N1CCCN(CCCCCN)CC1. The second kappa shape index (κ2) is 9.15. The van der Waals surface area contributed by atoms with Crippen LogP contribution >= 0.6 is 0 Å². The van der Waals surface area contributed by atoms with E-state index in [4.69, 9.17) is 5.73 Å². The van der Waals surface area contributed by atoms with Crippen LogP contribution < -0.4 is 5.73 Å². The molecule has 0 aliphatic carbocycles. The molecule has 0 aromatic carbocycles. The summed E-state index contributed by atoms with van der Waals surface area (Å²) in [4.78, 5) is 18.4. The number of hydrogen-bond donors (Lipinski definition) is 1. The van der Waals surface area contributed by atoms with Gasteiger partial charge in [-0.3, -0.25) is 0 Å². The van der Waals surface area contributed by atoms with E-state index in [1.807, 2.05) is 18.9 Å². The van der Waals surface area contributed by atoms with E-state index in [-0.39, 0.29) is 6.03 Å². The number of nitrogens with zero attached hydrogens (tertiary/aromatic N) is 3. The third-order valence-corrected chi connectivity index (χ3v) is 3.84. The molecule has 0 atom stereocenters. The lowest BCUT2D eigenvalue weighted by Crippen LogP contribution is -2.43. The monoisotopic (exact) mass is 270 g/mol. The van der Waals surface area contributed by atoms with Gasteiger partial charge in [-0.1, -0.05) is 6.42 Å². The van der Waals surface area contributed by atoms with Crippen molar-refractivity contribution in [3.05, 3.63) is 0 Å². The van der Waals surface area contributed by atoms with Crippen LogP contribution in [-0.4, -0.2) is 73.6 Å². The van der Waals surface area contributed by atoms with Gasteiger partial charge in [0.1, 0.15) is 0 Å². The summed E-state index contributed by atoms with van der Waals surface area (Å²) in [6.07, 6.45) is 4.65. The lowest BCUT2D eigenvalue weighted by molar-refractivity contribution is 0.165. The van der Waals surface area contributed by atoms with Gasteiger partial charge in [0.2, 0.25) is 0 Å². The Morgan fingerprint density at radius 2 is 1.95 bits per heavy atom. The van der Waals surface area contributed by atoms with Crippen LogP contribution in [0.5, 0.6) is 0 Å². The highest BCUT2D eigenvalue weighted by molar-refractivity contribution is 5.74. The van der Waals surface area contributed by atoms with Crippen molar-refractivity contribution in [2.45, 2.75) is 32.6 Å². The summed E-state index contributed by atoms with van der Waals surface area (Å²) in [5.41, 5.74) is 5.50. The Bertz CT molecular complexity index is 260. The fourth-order valence-electron chi connectivity index (χ4n) is 2.42. The normalized spacial score (nSPS) is 17.3. The molecule has 0 saturated carbocycles. The second-order valence-electron chi connectivity index (χ2n) is 5.33. The molecule has 1 aliphatic heterocycles. The number of hydrogen-bond acceptors (Lipinski definition) is 3. The smallest absolute Gasteiger partial charge is 0.319 e. The van der Waals surface area contributed by atoms with Gasteiger partial charge in [-0.05, 0) is 45.8 Å². The third-order valence-electron chi connectivity index (χ3n) is 3.84. The van der Waals surface area contributed by atoms with Gasteiger partial charge < -0.3 is 20.4 Å². The van der Waals surface area contributed by atoms with Gasteiger partial charge in [0.15, 0.2) is 0 Å². The van der Waals surface area contributed by atoms with Crippen molar-refractivity contribution in [2.24, 2.45) is 5.73 Å². The Morgan fingerprint density at radius 3 is 2.63 bits per heavy atom. The summed E-state index contributed by atoms with van der Waals surface area (Å²) < 4.78 is 0. The van der Waals surface area contributed by atoms with Crippen LogP contribution in [0.3, 0.4) is 0 Å². The molecule has 1 aliphatic rings. The fraction of sp³-hybridized carbons (Fsp3) is 0.929. The van der Waals surface area contributed by atoms with E-state index in [1.165, 1.54) is 12.8 Å². The van der Waals surface area contributed by atoms with E-state index < -0.39 is 0 Å². The summed E-state index contributed by atoms with van der Waals surface area (Å²) >= 11 is 0. The highest BCUT2D eigenvalue weighted by Gasteiger charge is 2.20. The van der Waals surface area contributed by atoms with Crippen LogP contribution in [0.25, 0.3) is 0 Å². The predicted octanol–water partition coefficient (Wildman–Crippen LogP) is 1.19. The molecular weight excluding hydrogens is 240 g/mol. The highest BCUT2D eigenvalue weighted by atomic mass is 16.2. The molecule has 112 valence electrons. The first-order chi connectivity index (χ1) is 9.19. The highest BCUT2D eigenvalue weighted by Crippen LogP contribution is 2.07. The number of carbonyl (C=O) groups excluding carboxylic acids is 1. The Kier molecular flexibility index (Phi) is 7.82. The molecule has 0 aromatic rings. The molecule has 1 saturated heterocycles. The first kappa shape index (κ1) is 16.2. The maximum Gasteiger partial charge on any atom is 0.319 e. The first-order valence-corrected chi connectivity index (χ1v) is 7.61. The summed E-state index contributed by atoms with van der Waals surface area (Å²) in [5.74, 6) is 0. The van der Waals surface area contributed by atoms with Crippen LogP contribution in [0.2, 0.25) is 0 Å². The molecule has 0 unspecified atom stereocenters. The van der Waals surface area contributed by atoms with E-state index in [2.05, 4.69) is 4.90 Å². The number of nitrogens with two attached hydrogens (primary N) is 1. The lowest BCUT2D eigenvalue weighted by atomic mass is 10.2. The lowest BCUT2D eigenvalue weighted by Gasteiger charge is -2.26. The second-order valence-corrected chi connectivity index (χ2v) is 5.33. The maximum absolute atomic E-state index is 12.1. The quantitative estimate of drug-likeness (QED) is 0.738. The van der Waals surface area contributed by atoms with Gasteiger partial charge in [-0.15, -0.1) is 0 Å². The molecule has 2 N–H and O–H groups in total. The summed E-state index contributed by atoms with van der Waals surface area (Å²) in [7, 11) is 1.87. The number of amides is 2. The van der Waals surface area contributed by atoms with Crippen molar-refractivity contribution in [1.29, 1.82) is 0 Å². The van der Waals surface area contributed by atoms with E-state index >= 15 is 0 Å². The molecule has 0 radical (unpaired) electrons. The summed E-state index contributed by atoms with van der Waals surface area (Å²) in [6, 6.07) is 0.174. The Labute approximate surface area is 117 Å². The number of urea groups is 1. The van der Waals surface area contributed by atoms with Crippen molar-refractivity contribution in [3.63, 3.8) is 0 Å². The van der Waals surface area contributed by atoms with Crippen LogP contribution in [0.1, 0.15) is 32.6 Å². The first-order valence-electron chi connectivity index (χ1n) is 7.61. The molecule has 5 heteroatoms. The topological polar surface area (TPSA) is 52.8 Å². The Balaban J connectivity index is 2.29. The minimum atomic E-state index is 0.174. The number of carbonyl (C=O) groups is 1. The van der Waals surface area contributed by atoms with E-state index in [0.717, 1.165) is 58.7 Å². The molecule has 19 heavy (non-hydrogen) atoms. The summed E-state index contributed by atoms with van der Waals surface area (Å²) in [5, 5.41) is 0. The Morgan fingerprint density at radius 1 is 1.16 bits per heavy atom. The van der Waals surface area contributed by atoms with Gasteiger partial charge in [0, 0.05) is 33.2 Å². The van der Waals surface area contributed by atoms with Crippen molar-refractivity contribution >= 4 is 6.03 Å². The molecule has 2 amide bonds. The van der Waals surface area contributed by atoms with Crippen LogP contribution in [0.4, 0.5) is 4.79 Å². The predicted molar refractivity (Wildman–Crippen MR) is 79.2 cm³/mol.